The van der Waals surface area contributed by atoms with Crippen LogP contribution < -0.4 is 9.64 Å². The minimum Gasteiger partial charge on any atom is -0.486 e. The van der Waals surface area contributed by atoms with Crippen molar-refractivity contribution >= 4 is 34.4 Å². The summed E-state index contributed by atoms with van der Waals surface area (Å²) >= 11 is 6.65. The first kappa shape index (κ1) is 24.7. The van der Waals surface area contributed by atoms with Crippen molar-refractivity contribution in [3.8, 4) is 17.0 Å². The quantitative estimate of drug-likeness (QED) is 0.332. The van der Waals surface area contributed by atoms with E-state index in [0.29, 0.717) is 30.5 Å². The Morgan fingerprint density at radius 2 is 2.11 bits per heavy atom. The fourth-order valence-corrected chi connectivity index (χ4v) is 4.87. The zero-order valence-corrected chi connectivity index (χ0v) is 21.6. The zero-order chi connectivity index (χ0) is 25.9. The molecule has 0 saturated carbocycles. The highest BCUT2D eigenvalue weighted by molar-refractivity contribution is 6.32. The Bertz CT molecular complexity index is 1440. The molecule has 5 rings (SSSR count). The highest BCUT2D eigenvalue weighted by Crippen LogP contribution is 2.38. The summed E-state index contributed by atoms with van der Waals surface area (Å²) < 4.78 is 7.84. The normalized spacial score (nSPS) is 15.5. The fraction of sp³-hybridized carbons (Fsp3) is 0.296. The second-order valence-corrected chi connectivity index (χ2v) is 9.53. The number of rotatable bonds is 7. The molecule has 1 aliphatic heterocycles. The third kappa shape index (κ3) is 4.99. The van der Waals surface area contributed by atoms with Gasteiger partial charge in [-0.1, -0.05) is 24.2 Å². The summed E-state index contributed by atoms with van der Waals surface area (Å²) in [6, 6.07) is 11.3. The van der Waals surface area contributed by atoms with Crippen LogP contribution in [0.2, 0.25) is 5.02 Å². The predicted molar refractivity (Wildman–Crippen MR) is 144 cm³/mol. The minimum absolute atomic E-state index is 0.0183. The van der Waals surface area contributed by atoms with Crippen molar-refractivity contribution in [2.45, 2.75) is 25.5 Å². The van der Waals surface area contributed by atoms with Crippen LogP contribution in [0, 0.1) is 0 Å². The Kier molecular flexibility index (Phi) is 7.05. The molecule has 1 saturated heterocycles. The summed E-state index contributed by atoms with van der Waals surface area (Å²) in [5, 5.41) is 6.33. The Labute approximate surface area is 220 Å². The summed E-state index contributed by atoms with van der Waals surface area (Å²) in [6.45, 7) is 5.21. The third-order valence-corrected chi connectivity index (χ3v) is 6.72. The Morgan fingerprint density at radius 1 is 1.24 bits per heavy atom. The lowest BCUT2D eigenvalue weighted by molar-refractivity contribution is -0.127. The summed E-state index contributed by atoms with van der Waals surface area (Å²) in [5.41, 5.74) is 3.09. The van der Waals surface area contributed by atoms with Crippen molar-refractivity contribution in [2.75, 3.05) is 32.1 Å². The maximum atomic E-state index is 12.3. The highest BCUT2D eigenvalue weighted by Gasteiger charge is 2.28. The maximum Gasteiger partial charge on any atom is 0.246 e. The molecule has 0 spiro atoms. The molecule has 1 aromatic carbocycles. The van der Waals surface area contributed by atoms with Gasteiger partial charge in [-0.15, -0.1) is 0 Å². The van der Waals surface area contributed by atoms with Crippen LogP contribution in [-0.4, -0.2) is 62.7 Å². The molecule has 37 heavy (non-hydrogen) atoms. The second-order valence-electron chi connectivity index (χ2n) is 9.12. The summed E-state index contributed by atoms with van der Waals surface area (Å²) in [6.07, 6.45) is 6.41. The summed E-state index contributed by atoms with van der Waals surface area (Å²) in [7, 11) is 3.88. The number of nitrogens with zero attached hydrogens (tertiary/aromatic N) is 7. The molecule has 1 aliphatic rings. The Hall–Kier alpha value is -3.98. The molecule has 1 fully saturated rings. The number of fused-ring (bicyclic) bond motifs is 1. The van der Waals surface area contributed by atoms with Gasteiger partial charge in [-0.25, -0.2) is 14.6 Å². The average Bonchev–Trinajstić information content (AvgIpc) is 3.32. The number of halogens is 1. The number of pyridine rings is 1. The first-order valence-corrected chi connectivity index (χ1v) is 12.5. The lowest BCUT2D eigenvalue weighted by atomic mass is 10.1. The number of aromatic nitrogens is 5. The largest absolute Gasteiger partial charge is 0.486 e. The molecule has 190 valence electrons. The van der Waals surface area contributed by atoms with Gasteiger partial charge < -0.3 is 14.5 Å². The molecule has 1 amide bonds. The Balaban J connectivity index is 1.53. The Morgan fingerprint density at radius 3 is 2.84 bits per heavy atom. The van der Waals surface area contributed by atoms with E-state index >= 15 is 0 Å². The van der Waals surface area contributed by atoms with E-state index in [1.165, 1.54) is 6.08 Å². The maximum absolute atomic E-state index is 12.3. The number of likely N-dealkylation sites (tertiary alicyclic amines) is 1. The smallest absolute Gasteiger partial charge is 0.246 e. The van der Waals surface area contributed by atoms with E-state index in [0.717, 1.165) is 46.6 Å². The lowest BCUT2D eigenvalue weighted by Crippen LogP contribution is -2.40. The number of ether oxygens (including phenoxy) is 1. The number of anilines is 1. The fourth-order valence-electron chi connectivity index (χ4n) is 4.64. The molecular weight excluding hydrogens is 490 g/mol. The molecule has 1 atom stereocenters. The van der Waals surface area contributed by atoms with Crippen molar-refractivity contribution in [2.24, 2.45) is 0 Å². The monoisotopic (exact) mass is 517 g/mol. The van der Waals surface area contributed by atoms with E-state index < -0.39 is 0 Å². The van der Waals surface area contributed by atoms with Gasteiger partial charge in [0.1, 0.15) is 30.2 Å². The first-order chi connectivity index (χ1) is 18.0. The van der Waals surface area contributed by atoms with Crippen LogP contribution in [0.5, 0.6) is 5.75 Å². The van der Waals surface area contributed by atoms with Gasteiger partial charge in [0.05, 0.1) is 22.1 Å². The van der Waals surface area contributed by atoms with Crippen LogP contribution >= 0.6 is 11.6 Å². The van der Waals surface area contributed by atoms with Crippen molar-refractivity contribution in [1.29, 1.82) is 0 Å². The molecule has 0 radical (unpaired) electrons. The summed E-state index contributed by atoms with van der Waals surface area (Å²) in [4.78, 5) is 29.5. The van der Waals surface area contributed by atoms with Crippen LogP contribution in [0.25, 0.3) is 22.3 Å². The van der Waals surface area contributed by atoms with Crippen molar-refractivity contribution < 1.29 is 9.53 Å². The number of benzene rings is 1. The molecule has 3 aromatic heterocycles. The highest BCUT2D eigenvalue weighted by atomic mass is 35.5. The van der Waals surface area contributed by atoms with Crippen molar-refractivity contribution in [3.63, 3.8) is 0 Å². The number of carbonyl (C=O) groups excluding carboxylic acids is 1. The number of hydrogen-bond donors (Lipinski definition) is 0. The SMILES string of the molecule is C=CC(=O)N1CCCC(n2nc(-c3ccc(OCc4ccccn4)c(Cl)c3)c3c(N(C)C)ncnc32)C1. The molecule has 9 nitrogen and oxygen atoms in total. The molecule has 4 heterocycles. The molecular formula is C27H28ClN7O2. The predicted octanol–water partition coefficient (Wildman–Crippen LogP) is 4.54. The standard InChI is InChI=1S/C27H28ClN7O2/c1-4-23(36)34-13-7-9-20(15-34)35-27-24(26(33(2)3)30-17-31-27)25(32-35)18-10-11-22(21(28)14-18)37-16-19-8-5-6-12-29-19/h4-6,8,10-12,14,17,20H,1,7,9,13,15-16H2,2-3H3. The van der Waals surface area contributed by atoms with Crippen molar-refractivity contribution in [3.05, 3.63) is 72.3 Å². The van der Waals surface area contributed by atoms with Gasteiger partial charge in [0.2, 0.25) is 5.91 Å². The van der Waals surface area contributed by atoms with Gasteiger partial charge >= 0.3 is 0 Å². The van der Waals surface area contributed by atoms with Crippen LogP contribution in [0.15, 0.2) is 61.6 Å². The van der Waals surface area contributed by atoms with E-state index in [1.54, 1.807) is 12.5 Å². The van der Waals surface area contributed by atoms with Gasteiger partial charge in [-0.2, -0.15) is 5.10 Å². The van der Waals surface area contributed by atoms with Crippen LogP contribution in [0.3, 0.4) is 0 Å². The molecule has 0 N–H and O–H groups in total. The zero-order valence-electron chi connectivity index (χ0n) is 20.8. The minimum atomic E-state index is -0.0712. The second kappa shape index (κ2) is 10.6. The van der Waals surface area contributed by atoms with Crippen LogP contribution in [0.1, 0.15) is 24.6 Å². The van der Waals surface area contributed by atoms with Crippen molar-refractivity contribution in [1.82, 2.24) is 29.6 Å². The van der Waals surface area contributed by atoms with Gasteiger partial charge in [0, 0.05) is 38.9 Å². The van der Waals surface area contributed by atoms with E-state index in [4.69, 9.17) is 21.4 Å². The summed E-state index contributed by atoms with van der Waals surface area (Å²) in [5.74, 6) is 1.25. The van der Waals surface area contributed by atoms with E-state index in [9.17, 15) is 4.79 Å². The lowest BCUT2D eigenvalue weighted by Gasteiger charge is -2.32. The van der Waals surface area contributed by atoms with E-state index in [1.807, 2.05) is 65.0 Å². The number of hydrogen-bond acceptors (Lipinski definition) is 7. The van der Waals surface area contributed by atoms with Gasteiger partial charge in [0.15, 0.2) is 5.65 Å². The number of carbonyl (C=O) groups is 1. The molecule has 10 heteroatoms. The molecule has 0 bridgehead atoms. The molecule has 1 unspecified atom stereocenters. The van der Waals surface area contributed by atoms with Gasteiger partial charge in [0.25, 0.3) is 0 Å². The number of piperidine rings is 1. The molecule has 4 aromatic rings. The topological polar surface area (TPSA) is 89.3 Å². The van der Waals surface area contributed by atoms with Crippen LogP contribution in [-0.2, 0) is 11.4 Å². The van der Waals surface area contributed by atoms with Crippen LogP contribution in [0.4, 0.5) is 5.82 Å². The number of amides is 1. The van der Waals surface area contributed by atoms with Gasteiger partial charge in [-0.05, 0) is 49.2 Å². The third-order valence-electron chi connectivity index (χ3n) is 6.43. The first-order valence-electron chi connectivity index (χ1n) is 12.1. The molecule has 0 aliphatic carbocycles. The average molecular weight is 518 g/mol. The van der Waals surface area contributed by atoms with Gasteiger partial charge in [-0.3, -0.25) is 9.78 Å². The van der Waals surface area contributed by atoms with E-state index in [2.05, 4.69) is 21.5 Å². The van der Waals surface area contributed by atoms with E-state index in [-0.39, 0.29) is 11.9 Å².